The van der Waals surface area contributed by atoms with E-state index in [0.717, 1.165) is 11.1 Å². The summed E-state index contributed by atoms with van der Waals surface area (Å²) in [6, 6.07) is 7.95. The van der Waals surface area contributed by atoms with Gasteiger partial charge in [-0.25, -0.2) is 0 Å². The minimum Gasteiger partial charge on any atom is -0.296 e. The van der Waals surface area contributed by atoms with Crippen molar-refractivity contribution < 1.29 is 4.79 Å². The Morgan fingerprint density at radius 2 is 2.14 bits per heavy atom. The Kier molecular flexibility index (Phi) is 2.32. The number of rotatable bonds is 1. The van der Waals surface area contributed by atoms with Crippen molar-refractivity contribution in [2.45, 2.75) is 23.6 Å². The van der Waals surface area contributed by atoms with Crippen LogP contribution in [0, 0.1) is 6.92 Å². The molecule has 0 radical (unpaired) electrons. The van der Waals surface area contributed by atoms with E-state index in [1.54, 1.807) is 0 Å². The van der Waals surface area contributed by atoms with Crippen LogP contribution in [0.25, 0.3) is 0 Å². The summed E-state index contributed by atoms with van der Waals surface area (Å²) >= 11 is 11.8. The van der Waals surface area contributed by atoms with Crippen LogP contribution in [0.5, 0.6) is 0 Å². The second-order valence-corrected chi connectivity index (χ2v) is 5.10. The molecule has 0 aromatic heterocycles. The van der Waals surface area contributed by atoms with Crippen molar-refractivity contribution in [3.8, 4) is 0 Å². The fraction of sp³-hybridized carbons (Fsp3) is 0.364. The average molecular weight is 229 g/mol. The Hall–Kier alpha value is -0.530. The second-order valence-electron chi connectivity index (χ2n) is 3.72. The normalized spacial score (nSPS) is 24.5. The number of Topliss-reactive ketones (excluding diaryl/α,β-unsaturated/α-hetero) is 1. The number of alkyl halides is 2. The van der Waals surface area contributed by atoms with Crippen LogP contribution in [0.3, 0.4) is 0 Å². The number of hydrogen-bond acceptors (Lipinski definition) is 1. The maximum Gasteiger partial charge on any atom is 0.183 e. The standard InChI is InChI=1S/C11H10Cl2O/c1-7-3-2-4-8(5-7)9-6-10(14)11(9,12)13/h2-5,9H,6H2,1H3. The SMILES string of the molecule is Cc1cccc(C2CC(=O)C2(Cl)Cl)c1. The van der Waals surface area contributed by atoms with Crippen LogP contribution >= 0.6 is 23.2 Å². The molecular weight excluding hydrogens is 219 g/mol. The zero-order valence-electron chi connectivity index (χ0n) is 7.76. The topological polar surface area (TPSA) is 17.1 Å². The number of benzene rings is 1. The van der Waals surface area contributed by atoms with Gasteiger partial charge in [0.1, 0.15) is 0 Å². The average Bonchev–Trinajstić information content (AvgIpc) is 2.14. The molecular formula is C11H10Cl2O. The molecule has 1 atom stereocenters. The van der Waals surface area contributed by atoms with E-state index < -0.39 is 4.33 Å². The first-order valence-corrected chi connectivity index (χ1v) is 5.25. The molecule has 1 aromatic rings. The molecule has 1 aromatic carbocycles. The van der Waals surface area contributed by atoms with Gasteiger partial charge in [-0.15, -0.1) is 0 Å². The molecule has 3 heteroatoms. The van der Waals surface area contributed by atoms with Crippen molar-refractivity contribution >= 4 is 29.0 Å². The van der Waals surface area contributed by atoms with Gasteiger partial charge in [0.2, 0.25) is 0 Å². The predicted octanol–water partition coefficient (Wildman–Crippen LogP) is 3.23. The Bertz CT molecular complexity index is 385. The van der Waals surface area contributed by atoms with Gasteiger partial charge in [0.25, 0.3) is 0 Å². The van der Waals surface area contributed by atoms with Gasteiger partial charge in [0, 0.05) is 12.3 Å². The molecule has 0 spiro atoms. The lowest BCUT2D eigenvalue weighted by Gasteiger charge is -2.38. The molecule has 0 amide bonds. The zero-order valence-corrected chi connectivity index (χ0v) is 9.27. The van der Waals surface area contributed by atoms with Crippen molar-refractivity contribution in [3.63, 3.8) is 0 Å². The third-order valence-electron chi connectivity index (χ3n) is 2.64. The predicted molar refractivity (Wildman–Crippen MR) is 58.0 cm³/mol. The summed E-state index contributed by atoms with van der Waals surface area (Å²) in [6.07, 6.45) is 0.455. The van der Waals surface area contributed by atoms with E-state index >= 15 is 0 Å². The van der Waals surface area contributed by atoms with Crippen LogP contribution in [-0.4, -0.2) is 10.1 Å². The number of aryl methyl sites for hydroxylation is 1. The molecule has 1 aliphatic rings. The first-order chi connectivity index (χ1) is 6.51. The van der Waals surface area contributed by atoms with Crippen molar-refractivity contribution in [2.24, 2.45) is 0 Å². The van der Waals surface area contributed by atoms with Crippen LogP contribution in [0.15, 0.2) is 24.3 Å². The number of hydrogen-bond donors (Lipinski definition) is 0. The maximum absolute atomic E-state index is 11.2. The van der Waals surface area contributed by atoms with Crippen molar-refractivity contribution in [2.75, 3.05) is 0 Å². The fourth-order valence-electron chi connectivity index (χ4n) is 1.73. The van der Waals surface area contributed by atoms with Crippen LogP contribution < -0.4 is 0 Å². The smallest absolute Gasteiger partial charge is 0.183 e. The largest absolute Gasteiger partial charge is 0.296 e. The zero-order chi connectivity index (χ0) is 10.3. The summed E-state index contributed by atoms with van der Waals surface area (Å²) in [5, 5.41) is 0. The van der Waals surface area contributed by atoms with Gasteiger partial charge < -0.3 is 0 Å². The first-order valence-electron chi connectivity index (χ1n) is 4.49. The molecule has 0 heterocycles. The number of ketones is 1. The van der Waals surface area contributed by atoms with Gasteiger partial charge in [-0.1, -0.05) is 53.0 Å². The van der Waals surface area contributed by atoms with Gasteiger partial charge in [-0.3, -0.25) is 4.79 Å². The van der Waals surface area contributed by atoms with E-state index in [2.05, 4.69) is 0 Å². The summed E-state index contributed by atoms with van der Waals surface area (Å²) in [5.74, 6) is -0.120. The summed E-state index contributed by atoms with van der Waals surface area (Å²) in [6.45, 7) is 2.01. The molecule has 1 fully saturated rings. The van der Waals surface area contributed by atoms with Crippen LogP contribution in [0.1, 0.15) is 23.5 Å². The molecule has 74 valence electrons. The molecule has 14 heavy (non-hydrogen) atoms. The lowest BCUT2D eigenvalue weighted by molar-refractivity contribution is -0.125. The van der Waals surface area contributed by atoms with E-state index in [9.17, 15) is 4.79 Å². The quantitative estimate of drug-likeness (QED) is 0.675. The summed E-state index contributed by atoms with van der Waals surface area (Å²) < 4.78 is -1.20. The molecule has 2 rings (SSSR count). The highest BCUT2D eigenvalue weighted by Gasteiger charge is 2.53. The first kappa shape index (κ1) is 10.0. The number of halogens is 2. The Morgan fingerprint density at radius 3 is 2.64 bits per heavy atom. The van der Waals surface area contributed by atoms with E-state index in [0.29, 0.717) is 6.42 Å². The van der Waals surface area contributed by atoms with E-state index in [4.69, 9.17) is 23.2 Å². The second kappa shape index (κ2) is 3.25. The van der Waals surface area contributed by atoms with Crippen molar-refractivity contribution in [1.29, 1.82) is 0 Å². The lowest BCUT2D eigenvalue weighted by atomic mass is 9.77. The molecule has 1 aliphatic carbocycles. The highest BCUT2D eigenvalue weighted by Crippen LogP contribution is 2.50. The highest BCUT2D eigenvalue weighted by atomic mass is 35.5. The molecule has 1 unspecified atom stereocenters. The minimum atomic E-state index is -1.20. The highest BCUT2D eigenvalue weighted by molar-refractivity contribution is 6.61. The van der Waals surface area contributed by atoms with Crippen LogP contribution in [0.4, 0.5) is 0 Å². The monoisotopic (exact) mass is 228 g/mol. The van der Waals surface area contributed by atoms with Gasteiger partial charge in [-0.2, -0.15) is 0 Å². The molecule has 0 saturated heterocycles. The third-order valence-corrected chi connectivity index (χ3v) is 3.59. The third kappa shape index (κ3) is 1.45. The number of carbonyl (C=O) groups is 1. The molecule has 0 N–H and O–H groups in total. The van der Waals surface area contributed by atoms with Gasteiger partial charge in [-0.05, 0) is 12.5 Å². The van der Waals surface area contributed by atoms with Gasteiger partial charge in [0.15, 0.2) is 10.1 Å². The lowest BCUT2D eigenvalue weighted by Crippen LogP contribution is -2.45. The number of carbonyl (C=O) groups excluding carboxylic acids is 1. The van der Waals surface area contributed by atoms with E-state index in [1.165, 1.54) is 0 Å². The van der Waals surface area contributed by atoms with E-state index in [1.807, 2.05) is 31.2 Å². The van der Waals surface area contributed by atoms with Gasteiger partial charge >= 0.3 is 0 Å². The molecule has 0 aliphatic heterocycles. The van der Waals surface area contributed by atoms with Gasteiger partial charge in [0.05, 0.1) is 0 Å². The summed E-state index contributed by atoms with van der Waals surface area (Å²) in [4.78, 5) is 11.2. The van der Waals surface area contributed by atoms with Crippen molar-refractivity contribution in [1.82, 2.24) is 0 Å². The van der Waals surface area contributed by atoms with E-state index in [-0.39, 0.29) is 11.7 Å². The summed E-state index contributed by atoms with van der Waals surface area (Å²) in [7, 11) is 0. The summed E-state index contributed by atoms with van der Waals surface area (Å²) in [5.41, 5.74) is 2.21. The molecule has 0 bridgehead atoms. The molecule has 1 saturated carbocycles. The Labute approximate surface area is 93.0 Å². The van der Waals surface area contributed by atoms with Crippen molar-refractivity contribution in [3.05, 3.63) is 35.4 Å². The Morgan fingerprint density at radius 1 is 1.43 bits per heavy atom. The minimum absolute atomic E-state index is 0.0433. The maximum atomic E-state index is 11.2. The van der Waals surface area contributed by atoms with Crippen LogP contribution in [-0.2, 0) is 4.79 Å². The van der Waals surface area contributed by atoms with Crippen LogP contribution in [0.2, 0.25) is 0 Å². The fourth-order valence-corrected chi connectivity index (χ4v) is 2.29. The molecule has 1 nitrogen and oxygen atoms in total. The Balaban J connectivity index is 2.30.